The first-order chi connectivity index (χ1) is 12.1. The molecule has 4 rings (SSSR count). The van der Waals surface area contributed by atoms with Crippen molar-refractivity contribution in [3.05, 3.63) is 69.1 Å². The summed E-state index contributed by atoms with van der Waals surface area (Å²) < 4.78 is 1.21. The molecule has 1 N–H and O–H groups in total. The summed E-state index contributed by atoms with van der Waals surface area (Å²) in [6, 6.07) is 11.2. The van der Waals surface area contributed by atoms with E-state index in [2.05, 4.69) is 10.1 Å². The molecule has 124 valence electrons. The molecule has 0 unspecified atom stereocenters. The molecule has 0 amide bonds. The average Bonchev–Trinajstić information content (AvgIpc) is 2.90. The van der Waals surface area contributed by atoms with Crippen LogP contribution in [0.15, 0.2) is 52.6 Å². The monoisotopic (exact) mass is 349 g/mol. The zero-order valence-electron chi connectivity index (χ0n) is 13.7. The summed E-state index contributed by atoms with van der Waals surface area (Å²) in [6.45, 7) is 3.89. The maximum atomic E-state index is 12.7. The van der Waals surface area contributed by atoms with Crippen molar-refractivity contribution in [2.45, 2.75) is 13.8 Å². The molecule has 0 radical (unpaired) electrons. The molecule has 0 saturated heterocycles. The molecule has 5 nitrogen and oxygen atoms in total. The first-order valence-corrected chi connectivity index (χ1v) is 8.60. The van der Waals surface area contributed by atoms with Crippen molar-refractivity contribution in [1.82, 2.24) is 9.66 Å². The number of thiophene rings is 1. The molecule has 0 bridgehead atoms. The van der Waals surface area contributed by atoms with Gasteiger partial charge >= 0.3 is 0 Å². The van der Waals surface area contributed by atoms with E-state index in [0.29, 0.717) is 10.9 Å². The largest absolute Gasteiger partial charge is 0.507 e. The first kappa shape index (κ1) is 15.5. The number of aromatic hydroxyl groups is 1. The number of hydrogen-bond acceptors (Lipinski definition) is 5. The maximum absolute atomic E-state index is 12.7. The standard InChI is InChI=1S/C19H15N3O2S/c1-11-12(2)25-18-17(11)19(24)22(10-20-18)21-9-15-14-6-4-3-5-13(14)7-8-16(15)23/h3-10,23H,1-2H3/b21-9+. The summed E-state index contributed by atoms with van der Waals surface area (Å²) in [5.41, 5.74) is 1.31. The third-order valence-corrected chi connectivity index (χ3v) is 5.45. The molecule has 0 saturated carbocycles. The van der Waals surface area contributed by atoms with Crippen LogP contribution >= 0.6 is 11.3 Å². The van der Waals surface area contributed by atoms with Crippen LogP contribution in [0, 0.1) is 13.8 Å². The lowest BCUT2D eigenvalue weighted by Gasteiger charge is -2.05. The molecule has 0 aliphatic rings. The van der Waals surface area contributed by atoms with Crippen molar-refractivity contribution in [3.8, 4) is 5.75 Å². The topological polar surface area (TPSA) is 67.5 Å². The normalized spacial score (nSPS) is 11.8. The number of phenolic OH excluding ortho intramolecular Hbond substituents is 1. The van der Waals surface area contributed by atoms with Crippen LogP contribution in [0.25, 0.3) is 21.0 Å². The molecule has 2 aromatic carbocycles. The second-order valence-corrected chi connectivity index (χ2v) is 7.02. The van der Waals surface area contributed by atoms with Crippen LogP contribution in [0.1, 0.15) is 16.0 Å². The lowest BCUT2D eigenvalue weighted by Crippen LogP contribution is -2.17. The smallest absolute Gasteiger partial charge is 0.282 e. The summed E-state index contributed by atoms with van der Waals surface area (Å²) in [4.78, 5) is 18.8. The minimum Gasteiger partial charge on any atom is -0.507 e. The zero-order chi connectivity index (χ0) is 17.6. The highest BCUT2D eigenvalue weighted by Crippen LogP contribution is 2.26. The van der Waals surface area contributed by atoms with Gasteiger partial charge in [0.05, 0.1) is 11.6 Å². The fourth-order valence-electron chi connectivity index (χ4n) is 2.85. The van der Waals surface area contributed by atoms with Gasteiger partial charge in [0.15, 0.2) is 0 Å². The first-order valence-electron chi connectivity index (χ1n) is 7.78. The Kier molecular flexibility index (Phi) is 3.62. The van der Waals surface area contributed by atoms with Gasteiger partial charge < -0.3 is 5.11 Å². The Balaban J connectivity index is 1.87. The van der Waals surface area contributed by atoms with Gasteiger partial charge in [-0.15, -0.1) is 11.3 Å². The minimum absolute atomic E-state index is 0.118. The van der Waals surface area contributed by atoms with Crippen LogP contribution in [-0.4, -0.2) is 21.0 Å². The number of nitrogens with zero attached hydrogens (tertiary/aromatic N) is 3. The van der Waals surface area contributed by atoms with Gasteiger partial charge in [0, 0.05) is 10.4 Å². The highest BCUT2D eigenvalue weighted by atomic mass is 32.1. The SMILES string of the molecule is Cc1sc2ncn(/N=C/c3c(O)ccc4ccccc34)c(=O)c2c1C. The number of rotatable bonds is 2. The van der Waals surface area contributed by atoms with E-state index >= 15 is 0 Å². The Morgan fingerprint density at radius 1 is 1.20 bits per heavy atom. The molecular formula is C19H15N3O2S. The van der Waals surface area contributed by atoms with Gasteiger partial charge in [-0.3, -0.25) is 4.79 Å². The van der Waals surface area contributed by atoms with E-state index in [-0.39, 0.29) is 11.3 Å². The average molecular weight is 349 g/mol. The Bertz CT molecular complexity index is 1200. The highest BCUT2D eigenvalue weighted by molar-refractivity contribution is 7.18. The summed E-state index contributed by atoms with van der Waals surface area (Å²) in [7, 11) is 0. The van der Waals surface area contributed by atoms with Crippen LogP contribution in [0.5, 0.6) is 5.75 Å². The van der Waals surface area contributed by atoms with Crippen molar-refractivity contribution in [2.24, 2.45) is 5.10 Å². The third kappa shape index (κ3) is 2.51. The highest BCUT2D eigenvalue weighted by Gasteiger charge is 2.12. The molecule has 4 aromatic rings. The van der Waals surface area contributed by atoms with Crippen LogP contribution < -0.4 is 5.56 Å². The molecule has 0 aliphatic carbocycles. The van der Waals surface area contributed by atoms with Gasteiger partial charge in [-0.05, 0) is 36.2 Å². The van der Waals surface area contributed by atoms with E-state index in [9.17, 15) is 9.90 Å². The van der Waals surface area contributed by atoms with Crippen molar-refractivity contribution in [3.63, 3.8) is 0 Å². The summed E-state index contributed by atoms with van der Waals surface area (Å²) in [6.07, 6.45) is 2.92. The van der Waals surface area contributed by atoms with Crippen LogP contribution in [-0.2, 0) is 0 Å². The van der Waals surface area contributed by atoms with Crippen LogP contribution in [0.2, 0.25) is 0 Å². The van der Waals surface area contributed by atoms with E-state index in [1.807, 2.05) is 44.2 Å². The van der Waals surface area contributed by atoms with E-state index in [4.69, 9.17) is 0 Å². The van der Waals surface area contributed by atoms with Crippen molar-refractivity contribution >= 4 is 38.5 Å². The predicted octanol–water partition coefficient (Wildman–Crippen LogP) is 3.82. The lowest BCUT2D eigenvalue weighted by molar-refractivity contribution is 0.475. The van der Waals surface area contributed by atoms with E-state index in [1.165, 1.54) is 28.6 Å². The Morgan fingerprint density at radius 3 is 2.84 bits per heavy atom. The molecule has 2 heterocycles. The summed E-state index contributed by atoms with van der Waals surface area (Å²) >= 11 is 1.50. The number of hydrogen-bond donors (Lipinski definition) is 1. The number of benzene rings is 2. The molecule has 0 fully saturated rings. The van der Waals surface area contributed by atoms with Gasteiger partial charge in [0.1, 0.15) is 16.9 Å². The van der Waals surface area contributed by atoms with Crippen molar-refractivity contribution in [1.29, 1.82) is 0 Å². The molecule has 6 heteroatoms. The van der Waals surface area contributed by atoms with Gasteiger partial charge in [-0.1, -0.05) is 30.3 Å². The zero-order valence-corrected chi connectivity index (χ0v) is 14.5. The van der Waals surface area contributed by atoms with Gasteiger partial charge in [0.25, 0.3) is 5.56 Å². The lowest BCUT2D eigenvalue weighted by atomic mass is 10.0. The Labute approximate surface area is 147 Å². The van der Waals surface area contributed by atoms with E-state index < -0.39 is 0 Å². The predicted molar refractivity (Wildman–Crippen MR) is 102 cm³/mol. The van der Waals surface area contributed by atoms with E-state index in [0.717, 1.165) is 26.0 Å². The molecular weight excluding hydrogens is 334 g/mol. The maximum Gasteiger partial charge on any atom is 0.282 e. The molecule has 0 spiro atoms. The Hall–Kier alpha value is -2.99. The number of phenols is 1. The summed E-state index contributed by atoms with van der Waals surface area (Å²) in [5.74, 6) is 0.118. The van der Waals surface area contributed by atoms with Crippen molar-refractivity contribution in [2.75, 3.05) is 0 Å². The molecule has 0 atom stereocenters. The van der Waals surface area contributed by atoms with E-state index in [1.54, 1.807) is 6.07 Å². The molecule has 2 aromatic heterocycles. The van der Waals surface area contributed by atoms with Gasteiger partial charge in [0.2, 0.25) is 0 Å². The Morgan fingerprint density at radius 2 is 2.00 bits per heavy atom. The van der Waals surface area contributed by atoms with Gasteiger partial charge in [-0.25, -0.2) is 4.98 Å². The number of aryl methyl sites for hydroxylation is 2. The van der Waals surface area contributed by atoms with Crippen molar-refractivity contribution < 1.29 is 5.11 Å². The fourth-order valence-corrected chi connectivity index (χ4v) is 3.84. The minimum atomic E-state index is -0.206. The number of fused-ring (bicyclic) bond motifs is 2. The molecule has 25 heavy (non-hydrogen) atoms. The van der Waals surface area contributed by atoms with Crippen LogP contribution in [0.3, 0.4) is 0 Å². The fraction of sp³-hybridized carbons (Fsp3) is 0.105. The third-order valence-electron chi connectivity index (χ3n) is 4.33. The quantitative estimate of drug-likeness (QED) is 0.560. The summed E-state index contributed by atoms with van der Waals surface area (Å²) in [5, 5.41) is 16.9. The second-order valence-electron chi connectivity index (χ2n) is 5.82. The van der Waals surface area contributed by atoms with Crippen LogP contribution in [0.4, 0.5) is 0 Å². The van der Waals surface area contributed by atoms with Gasteiger partial charge in [-0.2, -0.15) is 9.78 Å². The number of aromatic nitrogens is 2. The molecule has 0 aliphatic heterocycles. The second kappa shape index (κ2) is 5.82.